The lowest BCUT2D eigenvalue weighted by Crippen LogP contribution is -2.43. The van der Waals surface area contributed by atoms with Gasteiger partial charge in [0.15, 0.2) is 5.16 Å². The van der Waals surface area contributed by atoms with Crippen LogP contribution in [0.4, 0.5) is 11.4 Å². The summed E-state index contributed by atoms with van der Waals surface area (Å²) in [6, 6.07) is 15.3. The molecule has 0 unspecified atom stereocenters. The van der Waals surface area contributed by atoms with E-state index in [1.165, 1.54) is 30.7 Å². The molecular weight excluding hydrogens is 484 g/mol. The van der Waals surface area contributed by atoms with E-state index in [9.17, 15) is 14.4 Å². The van der Waals surface area contributed by atoms with Gasteiger partial charge in [-0.25, -0.2) is 4.98 Å². The van der Waals surface area contributed by atoms with Crippen molar-refractivity contribution in [3.8, 4) is 11.3 Å². The maximum atomic E-state index is 14.0. The Hall–Kier alpha value is -3.39. The van der Waals surface area contributed by atoms with Crippen LogP contribution in [0.15, 0.2) is 58.5 Å². The SMILES string of the molecule is CCn1c(SCC(=O)Nc2ccc(NC(C)=O)cc2)nc2c(c1=O)C1(CCCCC1)Cc1ccccc1-2. The first-order valence-electron chi connectivity index (χ1n) is 12.9. The highest BCUT2D eigenvalue weighted by molar-refractivity contribution is 7.99. The molecule has 1 aromatic heterocycles. The molecule has 1 heterocycles. The maximum absolute atomic E-state index is 14.0. The highest BCUT2D eigenvalue weighted by Crippen LogP contribution is 2.48. The molecule has 2 aliphatic rings. The Morgan fingerprint density at radius 2 is 1.68 bits per heavy atom. The highest BCUT2D eigenvalue weighted by Gasteiger charge is 2.43. The Morgan fingerprint density at radius 1 is 1.00 bits per heavy atom. The van der Waals surface area contributed by atoms with Crippen LogP contribution < -0.4 is 16.2 Å². The van der Waals surface area contributed by atoms with Crippen LogP contribution in [0, 0.1) is 0 Å². The van der Waals surface area contributed by atoms with Crippen LogP contribution in [-0.4, -0.2) is 27.1 Å². The van der Waals surface area contributed by atoms with Crippen LogP contribution in [0.1, 0.15) is 57.1 Å². The number of aromatic nitrogens is 2. The molecule has 0 aliphatic heterocycles. The molecule has 2 aliphatic carbocycles. The lowest BCUT2D eigenvalue weighted by atomic mass is 9.62. The summed E-state index contributed by atoms with van der Waals surface area (Å²) < 4.78 is 1.74. The van der Waals surface area contributed by atoms with E-state index >= 15 is 0 Å². The first-order chi connectivity index (χ1) is 17.9. The minimum atomic E-state index is -0.184. The number of nitrogens with one attached hydrogen (secondary N) is 2. The number of thioether (sulfide) groups is 1. The van der Waals surface area contributed by atoms with E-state index in [-0.39, 0.29) is 28.5 Å². The third-order valence-electron chi connectivity index (χ3n) is 7.41. The third kappa shape index (κ3) is 5.07. The second-order valence-electron chi connectivity index (χ2n) is 9.94. The van der Waals surface area contributed by atoms with Gasteiger partial charge in [-0.1, -0.05) is 55.3 Å². The summed E-state index contributed by atoms with van der Waals surface area (Å²) in [7, 11) is 0. The van der Waals surface area contributed by atoms with Crippen molar-refractivity contribution in [2.45, 2.75) is 69.5 Å². The number of fused-ring (bicyclic) bond motifs is 4. The summed E-state index contributed by atoms with van der Waals surface area (Å²) >= 11 is 1.29. The van der Waals surface area contributed by atoms with Crippen molar-refractivity contribution in [1.29, 1.82) is 0 Å². The predicted molar refractivity (Wildman–Crippen MR) is 148 cm³/mol. The molecule has 2 N–H and O–H groups in total. The molecule has 0 bridgehead atoms. The summed E-state index contributed by atoms with van der Waals surface area (Å²) in [5, 5.41) is 6.16. The molecule has 8 heteroatoms. The average Bonchev–Trinajstić information content (AvgIpc) is 2.88. The van der Waals surface area contributed by atoms with Crippen LogP contribution in [0.5, 0.6) is 0 Å². The fourth-order valence-corrected chi connectivity index (χ4v) is 6.63. The second-order valence-corrected chi connectivity index (χ2v) is 10.9. The number of amides is 2. The topological polar surface area (TPSA) is 93.1 Å². The Kier molecular flexibility index (Phi) is 7.20. The molecule has 5 rings (SSSR count). The van der Waals surface area contributed by atoms with Gasteiger partial charge in [-0.15, -0.1) is 0 Å². The van der Waals surface area contributed by atoms with Gasteiger partial charge >= 0.3 is 0 Å². The number of carbonyl (C=O) groups excluding carboxylic acids is 2. The Bertz CT molecular complexity index is 1390. The zero-order valence-electron chi connectivity index (χ0n) is 21.3. The first kappa shape index (κ1) is 25.3. The van der Waals surface area contributed by atoms with Crippen LogP contribution in [0.2, 0.25) is 0 Å². The Balaban J connectivity index is 1.42. The van der Waals surface area contributed by atoms with Crippen molar-refractivity contribution < 1.29 is 9.59 Å². The molecule has 0 radical (unpaired) electrons. The fourth-order valence-electron chi connectivity index (χ4n) is 5.78. The van der Waals surface area contributed by atoms with Gasteiger partial charge in [0, 0.05) is 35.8 Å². The van der Waals surface area contributed by atoms with Gasteiger partial charge in [0.1, 0.15) is 0 Å². The molecule has 0 atom stereocenters. The predicted octanol–water partition coefficient (Wildman–Crippen LogP) is 5.38. The van der Waals surface area contributed by atoms with E-state index in [1.807, 2.05) is 13.0 Å². The second kappa shape index (κ2) is 10.5. The number of hydrogen-bond acceptors (Lipinski definition) is 5. The standard InChI is InChI=1S/C29H32N4O3S/c1-3-33-27(36)25-26(23-10-6-5-9-20(23)17-29(25)15-7-4-8-16-29)32-28(33)37-18-24(35)31-22-13-11-21(12-14-22)30-19(2)34/h5-6,9-14H,3-4,7-8,15-18H2,1-2H3,(H,30,34)(H,31,35). The summed E-state index contributed by atoms with van der Waals surface area (Å²) in [5.74, 6) is -0.202. The molecule has 2 amide bonds. The van der Waals surface area contributed by atoms with Crippen molar-refractivity contribution in [1.82, 2.24) is 9.55 Å². The van der Waals surface area contributed by atoms with E-state index < -0.39 is 0 Å². The molecule has 37 heavy (non-hydrogen) atoms. The number of anilines is 2. The maximum Gasteiger partial charge on any atom is 0.258 e. The van der Waals surface area contributed by atoms with Crippen LogP contribution in [0.3, 0.4) is 0 Å². The van der Waals surface area contributed by atoms with Crippen molar-refractivity contribution in [3.63, 3.8) is 0 Å². The molecule has 192 valence electrons. The molecule has 7 nitrogen and oxygen atoms in total. The van der Waals surface area contributed by atoms with Gasteiger partial charge in [-0.2, -0.15) is 0 Å². The van der Waals surface area contributed by atoms with E-state index in [0.717, 1.165) is 48.9 Å². The van der Waals surface area contributed by atoms with Crippen molar-refractivity contribution in [3.05, 3.63) is 70.0 Å². The lowest BCUT2D eigenvalue weighted by Gasteiger charge is -2.42. The molecule has 3 aromatic rings. The van der Waals surface area contributed by atoms with Crippen LogP contribution in [0.25, 0.3) is 11.3 Å². The fraction of sp³-hybridized carbons (Fsp3) is 0.379. The highest BCUT2D eigenvalue weighted by atomic mass is 32.2. The van der Waals surface area contributed by atoms with Gasteiger partial charge < -0.3 is 10.6 Å². The molecular formula is C29H32N4O3S. The average molecular weight is 517 g/mol. The largest absolute Gasteiger partial charge is 0.326 e. The zero-order valence-corrected chi connectivity index (χ0v) is 22.1. The van der Waals surface area contributed by atoms with Gasteiger partial charge in [0.25, 0.3) is 5.56 Å². The molecule has 0 saturated heterocycles. The van der Waals surface area contributed by atoms with Gasteiger partial charge in [-0.05, 0) is 56.0 Å². The number of carbonyl (C=O) groups is 2. The minimum Gasteiger partial charge on any atom is -0.326 e. The molecule has 1 saturated carbocycles. The number of nitrogens with zero attached hydrogens (tertiary/aromatic N) is 2. The smallest absolute Gasteiger partial charge is 0.258 e. The monoisotopic (exact) mass is 516 g/mol. The van der Waals surface area contributed by atoms with Crippen molar-refractivity contribution >= 4 is 35.0 Å². The summed E-state index contributed by atoms with van der Waals surface area (Å²) in [4.78, 5) is 43.0. The lowest BCUT2D eigenvalue weighted by molar-refractivity contribution is -0.114. The van der Waals surface area contributed by atoms with Gasteiger partial charge in [-0.3, -0.25) is 19.0 Å². The molecule has 2 aromatic carbocycles. The van der Waals surface area contributed by atoms with E-state index in [4.69, 9.17) is 4.98 Å². The summed E-state index contributed by atoms with van der Waals surface area (Å²) in [6.45, 7) is 3.91. The number of rotatable bonds is 6. The number of hydrogen-bond donors (Lipinski definition) is 2. The molecule has 1 spiro atoms. The van der Waals surface area contributed by atoms with Crippen molar-refractivity contribution in [2.24, 2.45) is 0 Å². The Labute approximate surface area is 221 Å². The van der Waals surface area contributed by atoms with E-state index in [0.29, 0.717) is 23.1 Å². The minimum absolute atomic E-state index is 0.0420. The normalized spacial score (nSPS) is 15.5. The third-order valence-corrected chi connectivity index (χ3v) is 8.39. The number of benzene rings is 2. The summed E-state index contributed by atoms with van der Waals surface area (Å²) in [5.41, 5.74) is 5.18. The van der Waals surface area contributed by atoms with Gasteiger partial charge in [0.2, 0.25) is 11.8 Å². The van der Waals surface area contributed by atoms with E-state index in [2.05, 4.69) is 28.8 Å². The van der Waals surface area contributed by atoms with Crippen LogP contribution >= 0.6 is 11.8 Å². The van der Waals surface area contributed by atoms with Crippen LogP contribution in [-0.2, 0) is 28.0 Å². The van der Waals surface area contributed by atoms with E-state index in [1.54, 1.807) is 28.8 Å². The molecule has 1 fully saturated rings. The van der Waals surface area contributed by atoms with Gasteiger partial charge in [0.05, 0.1) is 17.0 Å². The Morgan fingerprint density at radius 3 is 2.35 bits per heavy atom. The zero-order chi connectivity index (χ0) is 26.0. The summed E-state index contributed by atoms with van der Waals surface area (Å²) in [6.07, 6.45) is 6.42. The quantitative estimate of drug-likeness (QED) is 0.339. The van der Waals surface area contributed by atoms with Crippen molar-refractivity contribution in [2.75, 3.05) is 16.4 Å². The first-order valence-corrected chi connectivity index (χ1v) is 13.9.